The maximum atomic E-state index is 13.6. The lowest BCUT2D eigenvalue weighted by Crippen LogP contribution is -2.29. The van der Waals surface area contributed by atoms with Crippen LogP contribution in [0.2, 0.25) is 5.02 Å². The fourth-order valence-electron chi connectivity index (χ4n) is 1.82. The molecule has 6 heteroatoms. The zero-order chi connectivity index (χ0) is 14.0. The van der Waals surface area contributed by atoms with Crippen LogP contribution in [0.5, 0.6) is 0 Å². The van der Waals surface area contributed by atoms with Gasteiger partial charge in [0.1, 0.15) is 0 Å². The van der Waals surface area contributed by atoms with Crippen LogP contribution in [0, 0.1) is 11.6 Å². The van der Waals surface area contributed by atoms with Crippen molar-refractivity contribution in [3.05, 3.63) is 68.7 Å². The zero-order valence-corrected chi connectivity index (χ0v) is 12.0. The molecule has 2 nitrogen and oxygen atoms in total. The van der Waals surface area contributed by atoms with Crippen molar-refractivity contribution < 1.29 is 8.78 Å². The monoisotopic (exact) mass is 346 g/mol. The van der Waals surface area contributed by atoms with Crippen LogP contribution >= 0.6 is 27.5 Å². The van der Waals surface area contributed by atoms with Gasteiger partial charge in [0.05, 0.1) is 10.5 Å². The number of hydrogen-bond donors (Lipinski definition) is 2. The van der Waals surface area contributed by atoms with Gasteiger partial charge in [-0.25, -0.2) is 14.2 Å². The second-order valence-electron chi connectivity index (χ2n) is 3.89. The van der Waals surface area contributed by atoms with Crippen molar-refractivity contribution in [3.63, 3.8) is 0 Å². The Labute approximate surface area is 122 Å². The molecule has 3 N–H and O–H groups in total. The summed E-state index contributed by atoms with van der Waals surface area (Å²) < 4.78 is 26.7. The Hall–Kier alpha value is -1.01. The van der Waals surface area contributed by atoms with Crippen LogP contribution in [0.15, 0.2) is 40.9 Å². The highest BCUT2D eigenvalue weighted by Crippen LogP contribution is 2.33. The number of halogens is 4. The number of hydrazine groups is 1. The van der Waals surface area contributed by atoms with Gasteiger partial charge in [-0.15, -0.1) is 0 Å². The van der Waals surface area contributed by atoms with Crippen molar-refractivity contribution in [2.75, 3.05) is 0 Å². The second kappa shape index (κ2) is 5.96. The third-order valence-electron chi connectivity index (χ3n) is 2.76. The Morgan fingerprint density at radius 3 is 2.42 bits per heavy atom. The van der Waals surface area contributed by atoms with Gasteiger partial charge < -0.3 is 0 Å². The Kier molecular flexibility index (Phi) is 4.52. The van der Waals surface area contributed by atoms with Gasteiger partial charge in [0.15, 0.2) is 11.6 Å². The predicted molar refractivity (Wildman–Crippen MR) is 74.7 cm³/mol. The number of benzene rings is 2. The average molecular weight is 348 g/mol. The minimum Gasteiger partial charge on any atom is -0.271 e. The molecule has 1 unspecified atom stereocenters. The second-order valence-corrected chi connectivity index (χ2v) is 5.09. The Morgan fingerprint density at radius 2 is 1.79 bits per heavy atom. The van der Waals surface area contributed by atoms with Crippen molar-refractivity contribution in [3.8, 4) is 0 Å². The molecular weight excluding hydrogens is 338 g/mol. The highest BCUT2D eigenvalue weighted by atomic mass is 79.9. The molecule has 1 atom stereocenters. The maximum Gasteiger partial charge on any atom is 0.173 e. The molecule has 0 amide bonds. The third kappa shape index (κ3) is 2.79. The molecule has 0 fully saturated rings. The third-order valence-corrected chi connectivity index (χ3v) is 3.91. The molecule has 0 spiro atoms. The lowest BCUT2D eigenvalue weighted by atomic mass is 9.99. The van der Waals surface area contributed by atoms with E-state index in [2.05, 4.69) is 21.4 Å². The van der Waals surface area contributed by atoms with Crippen LogP contribution in [0.1, 0.15) is 17.2 Å². The Morgan fingerprint density at radius 1 is 1.11 bits per heavy atom. The van der Waals surface area contributed by atoms with Crippen LogP contribution in [0.3, 0.4) is 0 Å². The van der Waals surface area contributed by atoms with E-state index in [-0.39, 0.29) is 4.47 Å². The lowest BCUT2D eigenvalue weighted by Gasteiger charge is -2.19. The number of hydrogen-bond acceptors (Lipinski definition) is 2. The molecule has 100 valence electrons. The topological polar surface area (TPSA) is 38.0 Å². The zero-order valence-electron chi connectivity index (χ0n) is 9.63. The highest BCUT2D eigenvalue weighted by molar-refractivity contribution is 9.10. The largest absolute Gasteiger partial charge is 0.271 e. The molecule has 0 bridgehead atoms. The summed E-state index contributed by atoms with van der Waals surface area (Å²) in [5, 5.41) is 0.488. The molecule has 0 aliphatic rings. The Balaban J connectivity index is 2.55. The van der Waals surface area contributed by atoms with E-state index in [0.717, 1.165) is 6.07 Å². The van der Waals surface area contributed by atoms with Gasteiger partial charge in [-0.2, -0.15) is 0 Å². The molecule has 2 rings (SSSR count). The smallest absolute Gasteiger partial charge is 0.173 e. The molecule has 0 heterocycles. The van der Waals surface area contributed by atoms with Crippen LogP contribution in [0.25, 0.3) is 0 Å². The molecule has 0 aromatic heterocycles. The van der Waals surface area contributed by atoms with Crippen LogP contribution in [-0.2, 0) is 0 Å². The summed E-state index contributed by atoms with van der Waals surface area (Å²) in [6.45, 7) is 0. The van der Waals surface area contributed by atoms with E-state index in [0.29, 0.717) is 16.1 Å². The minimum absolute atomic E-state index is 0.0235. The number of nitrogens with two attached hydrogens (primary N) is 1. The first-order valence-corrected chi connectivity index (χ1v) is 6.57. The van der Waals surface area contributed by atoms with Gasteiger partial charge in [-0.1, -0.05) is 35.9 Å². The predicted octanol–water partition coefficient (Wildman–Crippen LogP) is 3.93. The molecule has 2 aromatic carbocycles. The SMILES string of the molecule is NNC(c1ccccc1Cl)c1ccc(F)c(F)c1Br. The van der Waals surface area contributed by atoms with Crippen LogP contribution in [-0.4, -0.2) is 0 Å². The van der Waals surface area contributed by atoms with E-state index >= 15 is 0 Å². The molecule has 0 radical (unpaired) electrons. The summed E-state index contributed by atoms with van der Waals surface area (Å²) in [6, 6.07) is 9.00. The summed E-state index contributed by atoms with van der Waals surface area (Å²) in [6.07, 6.45) is 0. The fraction of sp³-hybridized carbons (Fsp3) is 0.0769. The van der Waals surface area contributed by atoms with Crippen molar-refractivity contribution in [2.45, 2.75) is 6.04 Å². The summed E-state index contributed by atoms with van der Waals surface area (Å²) >= 11 is 9.13. The van der Waals surface area contributed by atoms with E-state index in [1.807, 2.05) is 0 Å². The van der Waals surface area contributed by atoms with Gasteiger partial charge in [0.2, 0.25) is 0 Å². The van der Waals surface area contributed by atoms with Gasteiger partial charge in [0.25, 0.3) is 0 Å². The van der Waals surface area contributed by atoms with Crippen molar-refractivity contribution in [2.24, 2.45) is 5.84 Å². The van der Waals surface area contributed by atoms with Gasteiger partial charge in [-0.05, 0) is 39.2 Å². The van der Waals surface area contributed by atoms with E-state index in [9.17, 15) is 8.78 Å². The standard InChI is InChI=1S/C13H10BrClF2N2/c14-11-8(5-6-10(16)12(11)17)13(19-18)7-3-1-2-4-9(7)15/h1-6,13,19H,18H2. The summed E-state index contributed by atoms with van der Waals surface area (Å²) in [5.74, 6) is 3.64. The minimum atomic E-state index is -0.954. The van der Waals surface area contributed by atoms with E-state index < -0.39 is 17.7 Å². The van der Waals surface area contributed by atoms with Crippen LogP contribution in [0.4, 0.5) is 8.78 Å². The van der Waals surface area contributed by atoms with Crippen molar-refractivity contribution >= 4 is 27.5 Å². The lowest BCUT2D eigenvalue weighted by molar-refractivity contribution is 0.498. The van der Waals surface area contributed by atoms with Crippen molar-refractivity contribution in [1.29, 1.82) is 0 Å². The molecule has 0 saturated carbocycles. The molecule has 0 saturated heterocycles. The van der Waals surface area contributed by atoms with Gasteiger partial charge in [0, 0.05) is 5.02 Å². The molecular formula is C13H10BrClF2N2. The first kappa shape index (κ1) is 14.4. The quantitative estimate of drug-likeness (QED) is 0.501. The number of nitrogens with one attached hydrogen (secondary N) is 1. The molecule has 19 heavy (non-hydrogen) atoms. The molecule has 0 aliphatic heterocycles. The van der Waals surface area contributed by atoms with E-state index in [1.165, 1.54) is 6.07 Å². The summed E-state index contributed by atoms with van der Waals surface area (Å²) in [7, 11) is 0. The van der Waals surface area contributed by atoms with E-state index in [1.54, 1.807) is 24.3 Å². The summed E-state index contributed by atoms with van der Waals surface area (Å²) in [5.41, 5.74) is 3.71. The molecule has 2 aromatic rings. The van der Waals surface area contributed by atoms with Gasteiger partial charge in [-0.3, -0.25) is 5.84 Å². The Bertz CT molecular complexity index is 607. The van der Waals surface area contributed by atoms with Gasteiger partial charge >= 0.3 is 0 Å². The molecule has 0 aliphatic carbocycles. The van der Waals surface area contributed by atoms with Crippen LogP contribution < -0.4 is 11.3 Å². The number of rotatable bonds is 3. The first-order chi connectivity index (χ1) is 9.06. The normalized spacial score (nSPS) is 12.5. The highest BCUT2D eigenvalue weighted by Gasteiger charge is 2.21. The first-order valence-electron chi connectivity index (χ1n) is 5.40. The van der Waals surface area contributed by atoms with E-state index in [4.69, 9.17) is 17.4 Å². The maximum absolute atomic E-state index is 13.6. The fourth-order valence-corrected chi connectivity index (χ4v) is 2.62. The average Bonchev–Trinajstić information content (AvgIpc) is 2.41. The van der Waals surface area contributed by atoms with Crippen molar-refractivity contribution in [1.82, 2.24) is 5.43 Å². The summed E-state index contributed by atoms with van der Waals surface area (Å²) in [4.78, 5) is 0.